The van der Waals surface area contributed by atoms with Gasteiger partial charge in [0.15, 0.2) is 5.69 Å². The molecule has 1 amide bonds. The number of rotatable bonds is 11. The Bertz CT molecular complexity index is 1010. The van der Waals surface area contributed by atoms with Gasteiger partial charge >= 0.3 is 0 Å². The lowest BCUT2D eigenvalue weighted by Gasteiger charge is -2.45. The van der Waals surface area contributed by atoms with Gasteiger partial charge in [0.25, 0.3) is 5.91 Å². The Morgan fingerprint density at radius 2 is 2.15 bits per heavy atom. The van der Waals surface area contributed by atoms with E-state index in [1.165, 1.54) is 19.3 Å². The first-order chi connectivity index (χ1) is 16.3. The quantitative estimate of drug-likeness (QED) is 0.283. The van der Waals surface area contributed by atoms with Gasteiger partial charge in [0.1, 0.15) is 12.4 Å². The van der Waals surface area contributed by atoms with E-state index in [2.05, 4.69) is 51.2 Å². The number of amides is 1. The monoisotopic (exact) mass is 485 g/mol. The minimum absolute atomic E-state index is 0.0919. The maximum atomic E-state index is 13.2. The number of aryl methyl sites for hydroxylation is 2. The summed E-state index contributed by atoms with van der Waals surface area (Å²) in [5.74, 6) is 2.73. The predicted molar refractivity (Wildman–Crippen MR) is 139 cm³/mol. The van der Waals surface area contributed by atoms with Crippen molar-refractivity contribution >= 4 is 17.5 Å². The minimum atomic E-state index is -0.0919. The third-order valence-corrected chi connectivity index (χ3v) is 8.16. The van der Waals surface area contributed by atoms with Gasteiger partial charge in [-0.3, -0.25) is 9.48 Å². The molecule has 0 radical (unpaired) electrons. The van der Waals surface area contributed by atoms with Gasteiger partial charge < -0.3 is 10.1 Å². The van der Waals surface area contributed by atoms with E-state index in [0.29, 0.717) is 36.1 Å². The van der Waals surface area contributed by atoms with Crippen LogP contribution in [0.2, 0.25) is 0 Å². The second kappa shape index (κ2) is 10.7. The maximum absolute atomic E-state index is 13.2. The summed E-state index contributed by atoms with van der Waals surface area (Å²) < 4.78 is 8.07. The van der Waals surface area contributed by atoms with E-state index in [0.717, 1.165) is 66.3 Å². The van der Waals surface area contributed by atoms with Crippen LogP contribution in [0.1, 0.15) is 87.3 Å². The summed E-state index contributed by atoms with van der Waals surface area (Å²) >= 11 is 5.86. The molecule has 34 heavy (non-hydrogen) atoms. The van der Waals surface area contributed by atoms with Crippen molar-refractivity contribution in [3.8, 4) is 17.0 Å². The molecule has 1 aliphatic carbocycles. The van der Waals surface area contributed by atoms with Crippen molar-refractivity contribution in [2.45, 2.75) is 85.8 Å². The number of carbonyl (C=O) groups is 1. The molecule has 0 saturated heterocycles. The molecule has 5 nitrogen and oxygen atoms in total. The molecule has 0 bridgehead atoms. The van der Waals surface area contributed by atoms with Crippen molar-refractivity contribution < 1.29 is 9.53 Å². The summed E-state index contributed by atoms with van der Waals surface area (Å²) in [6, 6.07) is 6.24. The number of ether oxygens (including phenoxy) is 1. The highest BCUT2D eigenvalue weighted by Crippen LogP contribution is 2.48. The number of nitrogens with one attached hydrogen (secondary N) is 1. The van der Waals surface area contributed by atoms with Crippen molar-refractivity contribution in [3.05, 3.63) is 35.0 Å². The van der Waals surface area contributed by atoms with Crippen molar-refractivity contribution in [1.29, 1.82) is 0 Å². The summed E-state index contributed by atoms with van der Waals surface area (Å²) in [7, 11) is 0. The third kappa shape index (κ3) is 5.45. The summed E-state index contributed by atoms with van der Waals surface area (Å²) in [5, 5.41) is 7.96. The molecule has 4 rings (SSSR count). The zero-order valence-corrected chi connectivity index (χ0v) is 22.0. The van der Waals surface area contributed by atoms with Crippen molar-refractivity contribution in [2.24, 2.45) is 17.3 Å². The molecule has 1 fully saturated rings. The Morgan fingerprint density at radius 1 is 1.32 bits per heavy atom. The number of fused-ring (bicyclic) bond motifs is 3. The number of aromatic nitrogens is 2. The number of hydrogen-bond donors (Lipinski definition) is 1. The van der Waals surface area contributed by atoms with Crippen LogP contribution in [0, 0.1) is 24.2 Å². The SMILES string of the molecule is Cc1ccc2c(c1)OCc1c(C(=O)NCC(C)CCC3CCC3(C)C)nn(CCCCCCl)c1-2. The van der Waals surface area contributed by atoms with E-state index in [1.54, 1.807) is 0 Å². The second-order valence-corrected chi connectivity index (χ2v) is 11.4. The Labute approximate surface area is 209 Å². The predicted octanol–water partition coefficient (Wildman–Crippen LogP) is 6.74. The number of nitrogens with zero attached hydrogens (tertiary/aromatic N) is 2. The number of unbranched alkanes of at least 4 members (excludes halogenated alkanes) is 2. The average molecular weight is 486 g/mol. The topological polar surface area (TPSA) is 56.1 Å². The fourth-order valence-electron chi connectivity index (χ4n) is 5.31. The average Bonchev–Trinajstić information content (AvgIpc) is 3.18. The third-order valence-electron chi connectivity index (χ3n) is 7.89. The van der Waals surface area contributed by atoms with Gasteiger partial charge in [-0.15, -0.1) is 11.6 Å². The van der Waals surface area contributed by atoms with E-state index >= 15 is 0 Å². The lowest BCUT2D eigenvalue weighted by Crippen LogP contribution is -2.35. The van der Waals surface area contributed by atoms with Crippen LogP contribution in [0.5, 0.6) is 5.75 Å². The van der Waals surface area contributed by atoms with Gasteiger partial charge in [0.2, 0.25) is 0 Å². The first-order valence-electron chi connectivity index (χ1n) is 13.0. The van der Waals surface area contributed by atoms with Crippen LogP contribution >= 0.6 is 11.6 Å². The standard InChI is InChI=1S/C28H40ClN3O2/c1-19-9-11-22-24(16-19)34-18-23-25(31-32(26(22)23)15-7-5-6-14-29)27(33)30-17-20(2)8-10-21-12-13-28(21,3)4/h9,11,16,20-21H,5-8,10,12-15,17-18H2,1-4H3,(H,30,33). The summed E-state index contributed by atoms with van der Waals surface area (Å²) in [4.78, 5) is 13.2. The highest BCUT2D eigenvalue weighted by atomic mass is 35.5. The van der Waals surface area contributed by atoms with Gasteiger partial charge in [-0.2, -0.15) is 5.10 Å². The number of hydrogen-bond acceptors (Lipinski definition) is 3. The molecule has 0 spiro atoms. The summed E-state index contributed by atoms with van der Waals surface area (Å²) in [6.07, 6.45) is 8.12. The molecule has 2 aliphatic rings. The van der Waals surface area contributed by atoms with Crippen molar-refractivity contribution in [2.75, 3.05) is 12.4 Å². The molecule has 1 aromatic heterocycles. The normalized spacial score (nSPS) is 18.9. The molecule has 2 atom stereocenters. The summed E-state index contributed by atoms with van der Waals surface area (Å²) in [5.41, 5.74) is 5.10. The van der Waals surface area contributed by atoms with Crippen molar-refractivity contribution in [1.82, 2.24) is 15.1 Å². The van der Waals surface area contributed by atoms with E-state index < -0.39 is 0 Å². The lowest BCUT2D eigenvalue weighted by atomic mass is 9.61. The molecule has 1 aromatic carbocycles. The Kier molecular flexibility index (Phi) is 7.91. The van der Waals surface area contributed by atoms with Crippen LogP contribution in [0.4, 0.5) is 0 Å². The summed E-state index contributed by atoms with van der Waals surface area (Å²) in [6.45, 7) is 10.9. The number of benzene rings is 1. The van der Waals surface area contributed by atoms with Gasteiger partial charge in [-0.05, 0) is 80.4 Å². The minimum Gasteiger partial charge on any atom is -0.488 e. The number of halogens is 1. The fraction of sp³-hybridized carbons (Fsp3) is 0.643. The zero-order valence-electron chi connectivity index (χ0n) is 21.3. The van der Waals surface area contributed by atoms with Crippen LogP contribution in [0.15, 0.2) is 18.2 Å². The Hall–Kier alpha value is -2.01. The van der Waals surface area contributed by atoms with Gasteiger partial charge in [-0.25, -0.2) is 0 Å². The molecule has 186 valence electrons. The first-order valence-corrected chi connectivity index (χ1v) is 13.5. The number of carbonyl (C=O) groups excluding carboxylic acids is 1. The highest BCUT2D eigenvalue weighted by molar-refractivity contribution is 6.17. The zero-order chi connectivity index (χ0) is 24.3. The number of alkyl halides is 1. The molecule has 2 aromatic rings. The van der Waals surface area contributed by atoms with Gasteiger partial charge in [-0.1, -0.05) is 33.3 Å². The fourth-order valence-corrected chi connectivity index (χ4v) is 5.50. The van der Waals surface area contributed by atoms with Crippen molar-refractivity contribution in [3.63, 3.8) is 0 Å². The molecule has 1 aliphatic heterocycles. The first kappa shape index (κ1) is 25.1. The molecular weight excluding hydrogens is 446 g/mol. The molecule has 1 N–H and O–H groups in total. The van der Waals surface area contributed by atoms with E-state index in [9.17, 15) is 4.79 Å². The van der Waals surface area contributed by atoms with Crippen LogP contribution in [-0.4, -0.2) is 28.1 Å². The smallest absolute Gasteiger partial charge is 0.272 e. The largest absolute Gasteiger partial charge is 0.488 e. The van der Waals surface area contributed by atoms with E-state index in [-0.39, 0.29) is 5.91 Å². The van der Waals surface area contributed by atoms with E-state index in [4.69, 9.17) is 21.4 Å². The van der Waals surface area contributed by atoms with Crippen LogP contribution < -0.4 is 10.1 Å². The van der Waals surface area contributed by atoms with E-state index in [1.807, 2.05) is 4.68 Å². The Balaban J connectivity index is 1.45. The second-order valence-electron chi connectivity index (χ2n) is 11.1. The lowest BCUT2D eigenvalue weighted by molar-refractivity contribution is 0.0590. The molecule has 1 saturated carbocycles. The molecule has 2 heterocycles. The van der Waals surface area contributed by atoms with Crippen LogP contribution in [0.25, 0.3) is 11.3 Å². The molecular formula is C28H40ClN3O2. The van der Waals surface area contributed by atoms with Crippen LogP contribution in [0.3, 0.4) is 0 Å². The van der Waals surface area contributed by atoms with Crippen LogP contribution in [-0.2, 0) is 13.2 Å². The highest BCUT2D eigenvalue weighted by Gasteiger charge is 2.37. The molecule has 6 heteroatoms. The maximum Gasteiger partial charge on any atom is 0.272 e. The Morgan fingerprint density at radius 3 is 2.85 bits per heavy atom. The molecule has 2 unspecified atom stereocenters. The van der Waals surface area contributed by atoms with Gasteiger partial charge in [0.05, 0.1) is 5.69 Å². The van der Waals surface area contributed by atoms with Gasteiger partial charge in [0, 0.05) is 30.1 Å².